The third-order valence-corrected chi connectivity index (χ3v) is 8.68. The third kappa shape index (κ3) is 14.6. The summed E-state index contributed by atoms with van der Waals surface area (Å²) < 4.78 is 6.64. The number of halogens is 8. The van der Waals surface area contributed by atoms with Crippen molar-refractivity contribution in [3.05, 3.63) is 83.5 Å². The summed E-state index contributed by atoms with van der Waals surface area (Å²) >= 11 is 32.0. The van der Waals surface area contributed by atoms with E-state index < -0.39 is 17.4 Å². The monoisotopic (exact) mass is 1030 g/mol. The van der Waals surface area contributed by atoms with E-state index in [0.717, 1.165) is 5.54 Å². The first-order valence-corrected chi connectivity index (χ1v) is 14.3. The molecule has 0 radical (unpaired) electrons. The van der Waals surface area contributed by atoms with Gasteiger partial charge in [0.15, 0.2) is 0 Å². The van der Waals surface area contributed by atoms with Gasteiger partial charge in [0.2, 0.25) is 5.43 Å². The topological polar surface area (TPSA) is 108 Å². The molecule has 2 atom stereocenters. The number of hydrogen-bond donors (Lipinski definition) is 0. The number of alkyl halides is 2. The Morgan fingerprint density at radius 2 is 1.46 bits per heavy atom. The van der Waals surface area contributed by atoms with E-state index in [0.29, 0.717) is 25.4 Å². The van der Waals surface area contributed by atoms with Gasteiger partial charge in [-0.05, 0) is 114 Å². The van der Waals surface area contributed by atoms with Crippen LogP contribution in [0.3, 0.4) is 0 Å². The smallest absolute Gasteiger partial charge is 0.871 e. The summed E-state index contributed by atoms with van der Waals surface area (Å²) in [5.41, 5.74) is 1.67. The van der Waals surface area contributed by atoms with Crippen LogP contribution in [0, 0.1) is 14.3 Å². The largest absolute Gasteiger partial charge is 1.00 e. The minimum Gasteiger partial charge on any atom is -0.871 e. The molecule has 35 heavy (non-hydrogen) atoms. The second-order valence-electron chi connectivity index (χ2n) is 5.67. The minimum atomic E-state index is -0.911. The molecule has 0 spiro atoms. The van der Waals surface area contributed by atoms with E-state index in [9.17, 15) is 15.0 Å². The van der Waals surface area contributed by atoms with Crippen molar-refractivity contribution in [2.45, 2.75) is 10.8 Å². The second-order valence-corrected chi connectivity index (χ2v) is 11.9. The molecule has 0 fully saturated rings. The van der Waals surface area contributed by atoms with Crippen molar-refractivity contribution in [1.29, 1.82) is 0 Å². The summed E-state index contributed by atoms with van der Waals surface area (Å²) in [5, 5.41) is 22.3. The van der Waals surface area contributed by atoms with Crippen LogP contribution in [0.1, 0.15) is 5.56 Å². The van der Waals surface area contributed by atoms with Gasteiger partial charge < -0.3 is 20.1 Å². The Bertz CT molecular complexity index is 1090. The molecule has 1 aromatic rings. The molecule has 2 unspecified atom stereocenters. The van der Waals surface area contributed by atoms with Crippen LogP contribution in [-0.2, 0) is 0 Å². The zero-order valence-electron chi connectivity index (χ0n) is 18.1. The van der Waals surface area contributed by atoms with Gasteiger partial charge in [-0.25, -0.2) is 0 Å². The fourth-order valence-electron chi connectivity index (χ4n) is 2.05. The molecule has 0 aliphatic rings. The van der Waals surface area contributed by atoms with Gasteiger partial charge in [0.1, 0.15) is 12.5 Å². The van der Waals surface area contributed by atoms with Crippen molar-refractivity contribution >= 4 is 142 Å². The average molecular weight is 1030 g/mol. The fourth-order valence-corrected chi connectivity index (χ4v) is 5.84. The number of hydrogen-bond acceptors (Lipinski definition) is 4. The van der Waals surface area contributed by atoms with Gasteiger partial charge in [0.25, 0.3) is 0 Å². The van der Waals surface area contributed by atoms with Gasteiger partial charge in [-0.2, -0.15) is 0 Å². The maximum Gasteiger partial charge on any atom is 1.00 e. The molecule has 0 aromatic carbocycles. The van der Waals surface area contributed by atoms with E-state index in [1.807, 2.05) is 90.4 Å². The first-order valence-electron chi connectivity index (χ1n) is 8.31. The molecule has 1 aromatic heterocycles. The van der Waals surface area contributed by atoms with E-state index in [1.54, 1.807) is 24.3 Å². The Hall–Kier alpha value is 3.19. The standard InChI is InChI=1S/C20H13Cl4I4O4.2Na.H2O/c21-7-12(22)18(24)17(23)11(5-6-29)10-1-3-13(25)19(30)15(27)8-32-9-16(28)20(31)14(26)4-2-10;;;/h1-5,7-9,17-18,30H,6H2;;;1H2/q-1;2*+1;/p-1/b3-1?,10-2?,11-5+,12-7-,14-4?,15-8?,16-9?,19-13?;;;. The van der Waals surface area contributed by atoms with Crippen molar-refractivity contribution in [3.63, 3.8) is 0 Å². The maximum absolute atomic E-state index is 12.6. The molecule has 0 saturated carbocycles. The molecule has 0 saturated heterocycles. The van der Waals surface area contributed by atoms with Crippen molar-refractivity contribution in [2.75, 3.05) is 6.61 Å². The van der Waals surface area contributed by atoms with Gasteiger partial charge in [-0.1, -0.05) is 47.2 Å². The number of allylic oxidation sites excluding steroid dienone is 2. The quantitative estimate of drug-likeness (QED) is 0.233. The first-order chi connectivity index (χ1) is 15.0. The van der Waals surface area contributed by atoms with Crippen LogP contribution in [0.25, 0.3) is 5.57 Å². The van der Waals surface area contributed by atoms with E-state index >= 15 is 0 Å². The third-order valence-electron chi connectivity index (χ3n) is 3.59. The SMILES string of the molecule is O.O=c1c(I)ccc(/C(=C\C[O-])C(Cl)C(Cl)/C(Cl)=C/Cl)ccc(I)c([O-])c(I)cocc1I.[Na+].[Na+]. The average Bonchev–Trinajstić information content (AvgIpc) is 2.79. The minimum absolute atomic E-state index is 0. The summed E-state index contributed by atoms with van der Waals surface area (Å²) in [4.78, 5) is 12.6. The van der Waals surface area contributed by atoms with Gasteiger partial charge in [-0.3, -0.25) is 4.79 Å². The fraction of sp³-hybridized carbons (Fsp3) is 0.150. The molecule has 15 heteroatoms. The summed E-state index contributed by atoms with van der Waals surface area (Å²) in [7, 11) is 0. The maximum atomic E-state index is 12.6. The molecule has 1 heterocycles. The van der Waals surface area contributed by atoms with Crippen molar-refractivity contribution in [3.8, 4) is 5.75 Å². The van der Waals surface area contributed by atoms with Crippen LogP contribution in [0.4, 0.5) is 0 Å². The summed E-state index contributed by atoms with van der Waals surface area (Å²) in [6.07, 6.45) is 3.89. The van der Waals surface area contributed by atoms with Crippen LogP contribution in [0.5, 0.6) is 5.75 Å². The van der Waals surface area contributed by atoms with Crippen LogP contribution >= 0.6 is 137 Å². The van der Waals surface area contributed by atoms with E-state index in [4.69, 9.17) is 50.8 Å². The van der Waals surface area contributed by atoms with Gasteiger partial charge >= 0.3 is 59.1 Å². The molecule has 0 amide bonds. The number of rotatable bonds is 5. The van der Waals surface area contributed by atoms with Crippen LogP contribution in [0.15, 0.2) is 62.6 Å². The molecule has 0 bridgehead atoms. The predicted octanol–water partition coefficient (Wildman–Crippen LogP) is -0.159. The molecule has 0 aliphatic carbocycles. The van der Waals surface area contributed by atoms with Crippen molar-refractivity contribution in [2.24, 2.45) is 0 Å². The molecule has 0 aliphatic heterocycles. The molecular weight excluding hydrogens is 1020 g/mol. The van der Waals surface area contributed by atoms with Crippen molar-refractivity contribution < 1.29 is 79.2 Å². The van der Waals surface area contributed by atoms with Crippen LogP contribution in [-0.4, -0.2) is 22.8 Å². The predicted molar refractivity (Wildman–Crippen MR) is 166 cm³/mol. The van der Waals surface area contributed by atoms with E-state index in [-0.39, 0.29) is 80.8 Å². The Balaban J connectivity index is -0.00000341. The Morgan fingerprint density at radius 3 is 1.97 bits per heavy atom. The first kappa shape index (κ1) is 42.7. The zero-order chi connectivity index (χ0) is 24.4. The van der Waals surface area contributed by atoms with Crippen LogP contribution < -0.4 is 74.8 Å². The second kappa shape index (κ2) is 22.8. The molecule has 182 valence electrons. The van der Waals surface area contributed by atoms with Gasteiger partial charge in [0.05, 0.1) is 17.9 Å². The zero-order valence-corrected chi connectivity index (χ0v) is 33.8. The Kier molecular flexibility index (Phi) is 27.8. The van der Waals surface area contributed by atoms with Gasteiger partial charge in [0, 0.05) is 17.7 Å². The normalized spacial score (nSPS) is 12.5. The molecule has 2 N–H and O–H groups in total. The molecule has 5 nitrogen and oxygen atoms in total. The van der Waals surface area contributed by atoms with E-state index in [1.165, 1.54) is 18.6 Å². The Labute approximate surface area is 322 Å². The van der Waals surface area contributed by atoms with Crippen molar-refractivity contribution in [1.82, 2.24) is 0 Å². The molecule has 1 rings (SSSR count). The summed E-state index contributed by atoms with van der Waals surface area (Å²) in [6, 6.07) is 6.36. The summed E-state index contributed by atoms with van der Waals surface area (Å²) in [5.74, 6) is -0.279. The molecular formula is C20H14Cl4I4Na2O5. The Morgan fingerprint density at radius 1 is 0.943 bits per heavy atom. The van der Waals surface area contributed by atoms with Gasteiger partial charge in [-0.15, -0.1) is 29.8 Å². The van der Waals surface area contributed by atoms with E-state index in [2.05, 4.69) is 0 Å². The summed E-state index contributed by atoms with van der Waals surface area (Å²) in [6.45, 7) is -0.576. The van der Waals surface area contributed by atoms with Crippen LogP contribution in [0.2, 0.25) is 0 Å².